The Morgan fingerprint density at radius 1 is 1.13 bits per heavy atom. The second-order valence-electron chi connectivity index (χ2n) is 8.47. The van der Waals surface area contributed by atoms with Gasteiger partial charge in [0.05, 0.1) is 28.4 Å². The van der Waals surface area contributed by atoms with Crippen LogP contribution in [-0.2, 0) is 7.05 Å². The maximum Gasteiger partial charge on any atom is 0.254 e. The second-order valence-corrected chi connectivity index (χ2v) is 8.47. The zero-order valence-corrected chi connectivity index (χ0v) is 18.5. The molecule has 160 valence electrons. The fraction of sp³-hybridized carbons (Fsp3) is 0.417. The number of carbonyl (C=O) groups is 1. The van der Waals surface area contributed by atoms with E-state index in [1.54, 1.807) is 4.68 Å². The number of hydrogen-bond donors (Lipinski definition) is 0. The molecule has 1 aliphatic rings. The van der Waals surface area contributed by atoms with Gasteiger partial charge in [-0.1, -0.05) is 44.2 Å². The number of piperazine rings is 1. The van der Waals surface area contributed by atoms with Gasteiger partial charge in [-0.05, 0) is 18.9 Å². The zero-order valence-electron chi connectivity index (χ0n) is 18.5. The van der Waals surface area contributed by atoms with Crippen molar-refractivity contribution in [2.24, 2.45) is 13.0 Å². The zero-order chi connectivity index (χ0) is 22.1. The average molecular weight is 417 g/mol. The number of nitrogens with zero attached hydrogens (tertiary/aromatic N) is 6. The molecule has 1 amide bonds. The van der Waals surface area contributed by atoms with Crippen LogP contribution in [0.4, 0.5) is 0 Å². The normalized spacial score (nSPS) is 15.9. The molecule has 7 heteroatoms. The van der Waals surface area contributed by atoms with E-state index in [4.69, 9.17) is 4.98 Å². The number of amides is 1. The van der Waals surface area contributed by atoms with Gasteiger partial charge >= 0.3 is 0 Å². The van der Waals surface area contributed by atoms with Gasteiger partial charge in [0.15, 0.2) is 5.65 Å². The number of rotatable bonds is 4. The largest absolute Gasteiger partial charge is 0.336 e. The van der Waals surface area contributed by atoms with Crippen LogP contribution in [0.1, 0.15) is 29.9 Å². The number of carbonyl (C=O) groups excluding carboxylic acids is 1. The van der Waals surface area contributed by atoms with Crippen molar-refractivity contribution in [3.63, 3.8) is 0 Å². The van der Waals surface area contributed by atoms with E-state index in [0.717, 1.165) is 22.3 Å². The van der Waals surface area contributed by atoms with Gasteiger partial charge in [0, 0.05) is 38.8 Å². The first-order valence-electron chi connectivity index (χ1n) is 10.7. The van der Waals surface area contributed by atoms with Gasteiger partial charge in [-0.3, -0.25) is 14.4 Å². The lowest BCUT2D eigenvalue weighted by Crippen LogP contribution is -2.52. The van der Waals surface area contributed by atoms with Gasteiger partial charge in [0.1, 0.15) is 6.04 Å². The molecular weight excluding hydrogens is 388 g/mol. The SMILES string of the molecule is Cc1nn(C)c2nc(-c3ccccc3)cc(C(=O)N3CCN(C(C#N)C(C)C)CC3)c12. The number of hydrogen-bond acceptors (Lipinski definition) is 5. The summed E-state index contributed by atoms with van der Waals surface area (Å²) in [6.45, 7) is 8.66. The standard InChI is InChI=1S/C24H28N6O/c1-16(2)21(15-25)29-10-12-30(13-11-29)24(31)19-14-20(18-8-6-5-7-9-18)26-23-22(19)17(3)27-28(23)4/h5-9,14,16,21H,10-13H2,1-4H3. The van der Waals surface area contributed by atoms with Crippen LogP contribution in [0.15, 0.2) is 36.4 Å². The summed E-state index contributed by atoms with van der Waals surface area (Å²) in [6.07, 6.45) is 0. The number of benzene rings is 1. The highest BCUT2D eigenvalue weighted by Crippen LogP contribution is 2.28. The van der Waals surface area contributed by atoms with Crippen LogP contribution in [-0.4, -0.2) is 62.7 Å². The summed E-state index contributed by atoms with van der Waals surface area (Å²) in [7, 11) is 1.86. The molecule has 1 atom stereocenters. The number of aryl methyl sites for hydroxylation is 2. The number of pyridine rings is 1. The quantitative estimate of drug-likeness (QED) is 0.652. The Balaban J connectivity index is 1.68. The first kappa shape index (κ1) is 21.0. The molecule has 0 radical (unpaired) electrons. The number of aromatic nitrogens is 3. The van der Waals surface area contributed by atoms with E-state index in [9.17, 15) is 10.1 Å². The fourth-order valence-corrected chi connectivity index (χ4v) is 4.40. The van der Waals surface area contributed by atoms with Crippen molar-refractivity contribution in [1.82, 2.24) is 24.6 Å². The van der Waals surface area contributed by atoms with E-state index < -0.39 is 0 Å². The van der Waals surface area contributed by atoms with Crippen LogP contribution in [0.5, 0.6) is 0 Å². The molecule has 7 nitrogen and oxygen atoms in total. The Kier molecular flexibility index (Phi) is 5.75. The first-order chi connectivity index (χ1) is 14.9. The lowest BCUT2D eigenvalue weighted by molar-refractivity contribution is 0.0578. The van der Waals surface area contributed by atoms with E-state index in [1.807, 2.05) is 55.3 Å². The molecule has 3 heterocycles. The predicted molar refractivity (Wildman–Crippen MR) is 120 cm³/mol. The van der Waals surface area contributed by atoms with E-state index in [0.29, 0.717) is 37.4 Å². The van der Waals surface area contributed by atoms with Crippen molar-refractivity contribution in [1.29, 1.82) is 5.26 Å². The summed E-state index contributed by atoms with van der Waals surface area (Å²) in [5, 5.41) is 14.8. The van der Waals surface area contributed by atoms with Crippen LogP contribution in [0.3, 0.4) is 0 Å². The van der Waals surface area contributed by atoms with E-state index in [1.165, 1.54) is 0 Å². The highest BCUT2D eigenvalue weighted by molar-refractivity contribution is 6.07. The molecule has 1 aromatic carbocycles. The molecule has 1 fully saturated rings. The molecule has 2 aromatic heterocycles. The van der Waals surface area contributed by atoms with Crippen LogP contribution in [0.25, 0.3) is 22.3 Å². The summed E-state index contributed by atoms with van der Waals surface area (Å²) in [5.41, 5.74) is 3.89. The minimum absolute atomic E-state index is 0.00149. The van der Waals surface area contributed by atoms with Crippen LogP contribution in [0, 0.1) is 24.2 Å². The molecule has 1 unspecified atom stereocenters. The van der Waals surface area contributed by atoms with E-state index >= 15 is 0 Å². The van der Waals surface area contributed by atoms with Gasteiger partial charge in [-0.25, -0.2) is 4.98 Å². The maximum atomic E-state index is 13.6. The molecule has 0 spiro atoms. The van der Waals surface area contributed by atoms with Crippen molar-refractivity contribution >= 4 is 16.9 Å². The maximum absolute atomic E-state index is 13.6. The Morgan fingerprint density at radius 3 is 2.42 bits per heavy atom. The van der Waals surface area contributed by atoms with Crippen LogP contribution < -0.4 is 0 Å². The van der Waals surface area contributed by atoms with Crippen molar-refractivity contribution in [2.75, 3.05) is 26.2 Å². The highest BCUT2D eigenvalue weighted by Gasteiger charge is 2.30. The van der Waals surface area contributed by atoms with Crippen molar-refractivity contribution in [3.8, 4) is 17.3 Å². The second kappa shape index (κ2) is 8.48. The monoisotopic (exact) mass is 416 g/mol. The van der Waals surface area contributed by atoms with Gasteiger partial charge in [-0.2, -0.15) is 10.4 Å². The Hall–Kier alpha value is -3.24. The average Bonchev–Trinajstić information content (AvgIpc) is 3.07. The van der Waals surface area contributed by atoms with Crippen LogP contribution >= 0.6 is 0 Å². The first-order valence-corrected chi connectivity index (χ1v) is 10.7. The summed E-state index contributed by atoms with van der Waals surface area (Å²) >= 11 is 0. The molecular formula is C24H28N6O. The lowest BCUT2D eigenvalue weighted by atomic mass is 10.0. The predicted octanol–water partition coefficient (Wildman–Crippen LogP) is 3.25. The van der Waals surface area contributed by atoms with E-state index in [-0.39, 0.29) is 17.9 Å². The van der Waals surface area contributed by atoms with Crippen molar-refractivity contribution in [2.45, 2.75) is 26.8 Å². The van der Waals surface area contributed by atoms with Crippen molar-refractivity contribution in [3.05, 3.63) is 47.7 Å². The lowest BCUT2D eigenvalue weighted by Gasteiger charge is -2.38. The fourth-order valence-electron chi connectivity index (χ4n) is 4.40. The molecule has 0 bridgehead atoms. The Bertz CT molecular complexity index is 1140. The Morgan fingerprint density at radius 2 is 1.81 bits per heavy atom. The molecule has 0 N–H and O–H groups in total. The van der Waals surface area contributed by atoms with Crippen molar-refractivity contribution < 1.29 is 4.79 Å². The van der Waals surface area contributed by atoms with Gasteiger partial charge in [0.2, 0.25) is 0 Å². The van der Waals surface area contributed by atoms with Crippen LogP contribution in [0.2, 0.25) is 0 Å². The molecule has 4 rings (SSSR count). The molecule has 31 heavy (non-hydrogen) atoms. The van der Waals surface area contributed by atoms with Gasteiger partial charge in [0.25, 0.3) is 5.91 Å². The summed E-state index contributed by atoms with van der Waals surface area (Å²) in [6, 6.07) is 14.1. The summed E-state index contributed by atoms with van der Waals surface area (Å²) < 4.78 is 1.74. The van der Waals surface area contributed by atoms with Gasteiger partial charge in [-0.15, -0.1) is 0 Å². The highest BCUT2D eigenvalue weighted by atomic mass is 16.2. The third kappa shape index (κ3) is 3.91. The topological polar surface area (TPSA) is 78.1 Å². The van der Waals surface area contributed by atoms with Gasteiger partial charge < -0.3 is 4.90 Å². The smallest absolute Gasteiger partial charge is 0.254 e. The molecule has 1 saturated heterocycles. The Labute approximate surface area is 182 Å². The van der Waals surface area contributed by atoms with E-state index in [2.05, 4.69) is 29.9 Å². The molecule has 0 aliphatic carbocycles. The summed E-state index contributed by atoms with van der Waals surface area (Å²) in [5.74, 6) is 0.261. The third-order valence-electron chi connectivity index (χ3n) is 6.03. The number of nitriles is 1. The molecule has 3 aromatic rings. The number of fused-ring (bicyclic) bond motifs is 1. The summed E-state index contributed by atoms with van der Waals surface area (Å²) in [4.78, 5) is 22.5. The third-order valence-corrected chi connectivity index (χ3v) is 6.03. The molecule has 0 saturated carbocycles. The molecule has 1 aliphatic heterocycles. The minimum Gasteiger partial charge on any atom is -0.336 e. The minimum atomic E-state index is -0.116.